The number of rotatable bonds is 7. The van der Waals surface area contributed by atoms with Crippen molar-refractivity contribution in [1.82, 2.24) is 4.90 Å². The molecule has 4 amide bonds. The number of amides is 4. The highest BCUT2D eigenvalue weighted by Gasteiger charge is 2.36. The molecule has 8 heteroatoms. The van der Waals surface area contributed by atoms with Crippen molar-refractivity contribution in [3.8, 4) is 0 Å². The first kappa shape index (κ1) is 24.0. The van der Waals surface area contributed by atoms with Crippen LogP contribution in [0.25, 0.3) is 6.08 Å². The molecule has 0 radical (unpaired) electrons. The lowest BCUT2D eigenvalue weighted by atomic mass is 10.1. The lowest BCUT2D eigenvalue weighted by Crippen LogP contribution is -2.36. The Morgan fingerprint density at radius 3 is 2.14 bits per heavy atom. The maximum atomic E-state index is 12.6. The number of anilines is 2. The molecule has 0 aromatic heterocycles. The van der Waals surface area contributed by atoms with Gasteiger partial charge in [0.15, 0.2) is 0 Å². The molecule has 1 saturated heterocycles. The first-order valence-electron chi connectivity index (χ1n) is 11.0. The van der Waals surface area contributed by atoms with Crippen molar-refractivity contribution in [1.29, 1.82) is 0 Å². The van der Waals surface area contributed by atoms with Crippen LogP contribution in [0.4, 0.5) is 16.2 Å². The van der Waals surface area contributed by atoms with Gasteiger partial charge < -0.3 is 10.6 Å². The Morgan fingerprint density at radius 1 is 0.857 bits per heavy atom. The quantitative estimate of drug-likeness (QED) is 0.450. The summed E-state index contributed by atoms with van der Waals surface area (Å²) in [4.78, 5) is 51.0. The molecule has 0 atom stereocenters. The Balaban J connectivity index is 1.33. The fraction of sp³-hybridized carbons (Fsp3) is 0.111. The first-order chi connectivity index (χ1) is 16.9. The van der Waals surface area contributed by atoms with Crippen LogP contribution >= 0.6 is 11.8 Å². The molecule has 1 aliphatic rings. The van der Waals surface area contributed by atoms with E-state index >= 15 is 0 Å². The van der Waals surface area contributed by atoms with Gasteiger partial charge in [0.1, 0.15) is 6.54 Å². The Labute approximate surface area is 207 Å². The standard InChI is InChI=1S/C27H23N3O4S/c1-2-18-8-12-22(13-9-18)29-25(32)20-10-14-21(15-11-20)28-24(31)17-30-26(33)23(35-27(30)34)16-19-6-4-3-5-7-19/h3-16H,2,17H2,1H3,(H,28,31)(H,29,32)/b23-16+. The summed E-state index contributed by atoms with van der Waals surface area (Å²) >= 11 is 0.807. The molecule has 4 rings (SSSR count). The van der Waals surface area contributed by atoms with E-state index in [2.05, 4.69) is 17.6 Å². The van der Waals surface area contributed by atoms with Gasteiger partial charge in [-0.05, 0) is 71.8 Å². The van der Waals surface area contributed by atoms with E-state index in [9.17, 15) is 19.2 Å². The summed E-state index contributed by atoms with van der Waals surface area (Å²) in [6, 6.07) is 23.2. The molecule has 176 valence electrons. The van der Waals surface area contributed by atoms with Crippen molar-refractivity contribution in [2.45, 2.75) is 13.3 Å². The summed E-state index contributed by atoms with van der Waals surface area (Å²) in [5.41, 5.74) is 3.56. The number of aryl methyl sites for hydroxylation is 1. The molecule has 3 aromatic rings. The van der Waals surface area contributed by atoms with Gasteiger partial charge in [0.2, 0.25) is 5.91 Å². The Hall–Kier alpha value is -4.17. The van der Waals surface area contributed by atoms with Crippen LogP contribution in [0.1, 0.15) is 28.4 Å². The third-order valence-corrected chi connectivity index (χ3v) is 6.23. The van der Waals surface area contributed by atoms with Gasteiger partial charge in [-0.15, -0.1) is 0 Å². The minimum atomic E-state index is -0.513. The largest absolute Gasteiger partial charge is 0.325 e. The lowest BCUT2D eigenvalue weighted by molar-refractivity contribution is -0.127. The Kier molecular flexibility index (Phi) is 7.42. The second-order valence-electron chi connectivity index (χ2n) is 7.81. The highest BCUT2D eigenvalue weighted by atomic mass is 32.2. The predicted octanol–water partition coefficient (Wildman–Crippen LogP) is 5.18. The van der Waals surface area contributed by atoms with E-state index in [1.807, 2.05) is 54.6 Å². The van der Waals surface area contributed by atoms with Crippen LogP contribution in [0.3, 0.4) is 0 Å². The third-order valence-electron chi connectivity index (χ3n) is 5.32. The molecule has 1 aliphatic heterocycles. The molecule has 3 aromatic carbocycles. The number of carbonyl (C=O) groups is 4. The van der Waals surface area contributed by atoms with E-state index in [1.165, 1.54) is 5.56 Å². The molecule has 0 spiro atoms. The molecule has 0 aliphatic carbocycles. The number of thioether (sulfide) groups is 1. The van der Waals surface area contributed by atoms with Crippen molar-refractivity contribution >= 4 is 52.2 Å². The fourth-order valence-corrected chi connectivity index (χ4v) is 4.25. The highest BCUT2D eigenvalue weighted by Crippen LogP contribution is 2.32. The SMILES string of the molecule is CCc1ccc(NC(=O)c2ccc(NC(=O)CN3C(=O)S/C(=C/c4ccccc4)C3=O)cc2)cc1. The average Bonchev–Trinajstić information content (AvgIpc) is 3.12. The van der Waals surface area contributed by atoms with E-state index in [0.717, 1.165) is 28.6 Å². The van der Waals surface area contributed by atoms with Crippen molar-refractivity contribution in [3.63, 3.8) is 0 Å². The first-order valence-corrected chi connectivity index (χ1v) is 11.8. The molecule has 1 fully saturated rings. The molecule has 0 bridgehead atoms. The number of nitrogens with one attached hydrogen (secondary N) is 2. The maximum absolute atomic E-state index is 12.6. The summed E-state index contributed by atoms with van der Waals surface area (Å²) < 4.78 is 0. The molecule has 1 heterocycles. The average molecular weight is 486 g/mol. The van der Waals surface area contributed by atoms with Crippen LogP contribution in [0.5, 0.6) is 0 Å². The van der Waals surface area contributed by atoms with Crippen molar-refractivity contribution in [2.75, 3.05) is 17.2 Å². The topological polar surface area (TPSA) is 95.6 Å². The molecular formula is C27H23N3O4S. The van der Waals surface area contributed by atoms with E-state index in [0.29, 0.717) is 16.9 Å². The van der Waals surface area contributed by atoms with Gasteiger partial charge in [-0.25, -0.2) is 0 Å². The summed E-state index contributed by atoms with van der Waals surface area (Å²) in [7, 11) is 0. The van der Waals surface area contributed by atoms with Gasteiger partial charge in [0.25, 0.3) is 17.1 Å². The van der Waals surface area contributed by atoms with Gasteiger partial charge in [-0.3, -0.25) is 24.1 Å². The predicted molar refractivity (Wildman–Crippen MR) is 138 cm³/mol. The molecule has 7 nitrogen and oxygen atoms in total. The fourth-order valence-electron chi connectivity index (χ4n) is 3.41. The van der Waals surface area contributed by atoms with Crippen molar-refractivity contribution in [2.24, 2.45) is 0 Å². The summed E-state index contributed by atoms with van der Waals surface area (Å²) in [5.74, 6) is -1.28. The zero-order valence-electron chi connectivity index (χ0n) is 19.0. The number of hydrogen-bond donors (Lipinski definition) is 2. The van der Waals surface area contributed by atoms with Crippen LogP contribution in [-0.2, 0) is 16.0 Å². The molecule has 0 saturated carbocycles. The second kappa shape index (κ2) is 10.8. The van der Waals surface area contributed by atoms with Crippen LogP contribution in [0.2, 0.25) is 0 Å². The van der Waals surface area contributed by atoms with Gasteiger partial charge in [0.05, 0.1) is 4.91 Å². The van der Waals surface area contributed by atoms with Crippen LogP contribution in [0, 0.1) is 0 Å². The minimum Gasteiger partial charge on any atom is -0.325 e. The van der Waals surface area contributed by atoms with E-state index in [-0.39, 0.29) is 10.8 Å². The summed E-state index contributed by atoms with van der Waals surface area (Å²) in [6.45, 7) is 1.67. The maximum Gasteiger partial charge on any atom is 0.294 e. The third kappa shape index (κ3) is 6.04. The minimum absolute atomic E-state index is 0.268. The molecule has 0 unspecified atom stereocenters. The van der Waals surface area contributed by atoms with Gasteiger partial charge in [0, 0.05) is 16.9 Å². The Morgan fingerprint density at radius 2 is 1.49 bits per heavy atom. The van der Waals surface area contributed by atoms with Crippen molar-refractivity contribution < 1.29 is 19.2 Å². The number of benzene rings is 3. The van der Waals surface area contributed by atoms with E-state index in [4.69, 9.17) is 0 Å². The number of hydrogen-bond acceptors (Lipinski definition) is 5. The summed E-state index contributed by atoms with van der Waals surface area (Å²) in [6.07, 6.45) is 2.55. The van der Waals surface area contributed by atoms with Crippen molar-refractivity contribution in [3.05, 3.63) is 100 Å². The Bertz CT molecular complexity index is 1290. The lowest BCUT2D eigenvalue weighted by Gasteiger charge is -2.13. The van der Waals surface area contributed by atoms with Crippen LogP contribution < -0.4 is 10.6 Å². The number of imide groups is 1. The zero-order chi connectivity index (χ0) is 24.8. The normalized spacial score (nSPS) is 14.3. The van der Waals surface area contributed by atoms with Gasteiger partial charge in [-0.2, -0.15) is 0 Å². The second-order valence-corrected chi connectivity index (χ2v) is 8.80. The monoisotopic (exact) mass is 485 g/mol. The summed E-state index contributed by atoms with van der Waals surface area (Å²) in [5, 5.41) is 5.00. The van der Waals surface area contributed by atoms with Crippen LogP contribution in [-0.4, -0.2) is 34.4 Å². The molecule has 2 N–H and O–H groups in total. The molecular weight excluding hydrogens is 462 g/mol. The smallest absolute Gasteiger partial charge is 0.294 e. The molecule has 35 heavy (non-hydrogen) atoms. The van der Waals surface area contributed by atoms with Gasteiger partial charge >= 0.3 is 0 Å². The van der Waals surface area contributed by atoms with Crippen LogP contribution in [0.15, 0.2) is 83.8 Å². The number of carbonyl (C=O) groups excluding carboxylic acids is 4. The zero-order valence-corrected chi connectivity index (χ0v) is 19.8. The van der Waals surface area contributed by atoms with E-state index in [1.54, 1.807) is 30.3 Å². The number of nitrogens with zero attached hydrogens (tertiary/aromatic N) is 1. The van der Waals surface area contributed by atoms with Gasteiger partial charge in [-0.1, -0.05) is 49.4 Å². The van der Waals surface area contributed by atoms with E-state index < -0.39 is 23.6 Å². The highest BCUT2D eigenvalue weighted by molar-refractivity contribution is 8.18.